The second-order valence-corrected chi connectivity index (χ2v) is 5.38. The Morgan fingerprint density at radius 2 is 1.91 bits per heavy atom. The minimum Gasteiger partial charge on any atom is -0.350 e. The van der Waals surface area contributed by atoms with Crippen molar-refractivity contribution in [3.8, 4) is 0 Å². The van der Waals surface area contributed by atoms with Gasteiger partial charge in [0, 0.05) is 23.4 Å². The molecule has 1 aromatic carbocycles. The molecule has 0 spiro atoms. The number of rotatable bonds is 5. The molecule has 0 aliphatic carbocycles. The van der Waals surface area contributed by atoms with Gasteiger partial charge in [0.2, 0.25) is 5.95 Å². The molecule has 6 nitrogen and oxygen atoms in total. The van der Waals surface area contributed by atoms with Crippen LogP contribution in [0, 0.1) is 0 Å². The van der Waals surface area contributed by atoms with Crippen LogP contribution in [0.25, 0.3) is 0 Å². The molecule has 22 heavy (non-hydrogen) atoms. The smallest absolute Gasteiger partial charge is 0.224 e. The lowest BCUT2D eigenvalue weighted by Crippen LogP contribution is -2.05. The maximum atomic E-state index is 4.40. The number of hydrogen-bond donors (Lipinski definition) is 2. The summed E-state index contributed by atoms with van der Waals surface area (Å²) in [5.74, 6) is 1.91. The van der Waals surface area contributed by atoms with Crippen LogP contribution in [-0.4, -0.2) is 19.9 Å². The zero-order chi connectivity index (χ0) is 15.2. The minimum atomic E-state index is 0.555. The second-order valence-electron chi connectivity index (χ2n) is 4.47. The van der Waals surface area contributed by atoms with Crippen LogP contribution in [0.2, 0.25) is 0 Å². The van der Waals surface area contributed by atoms with E-state index in [1.165, 1.54) is 6.33 Å². The summed E-state index contributed by atoms with van der Waals surface area (Å²) in [6.45, 7) is 0.649. The summed E-state index contributed by atoms with van der Waals surface area (Å²) in [6.07, 6.45) is 4.85. The van der Waals surface area contributed by atoms with Crippen LogP contribution >= 0.6 is 15.9 Å². The summed E-state index contributed by atoms with van der Waals surface area (Å²) < 4.78 is 1.05. The topological polar surface area (TPSA) is 75.6 Å². The van der Waals surface area contributed by atoms with Gasteiger partial charge >= 0.3 is 0 Å². The summed E-state index contributed by atoms with van der Waals surface area (Å²) in [5, 5.41) is 6.30. The Labute approximate surface area is 136 Å². The zero-order valence-electron chi connectivity index (χ0n) is 11.6. The lowest BCUT2D eigenvalue weighted by molar-refractivity contribution is 1.05. The summed E-state index contributed by atoms with van der Waals surface area (Å²) >= 11 is 3.46. The first-order valence-corrected chi connectivity index (χ1v) is 7.43. The molecule has 2 N–H and O–H groups in total. The SMILES string of the molecule is Brc1cccc(CNc2nccc(Nc3ccncn3)n2)c1. The predicted octanol–water partition coefficient (Wildman–Crippen LogP) is 3.38. The number of halogens is 1. The molecule has 0 aliphatic rings. The molecule has 0 saturated heterocycles. The first-order valence-electron chi connectivity index (χ1n) is 6.64. The van der Waals surface area contributed by atoms with E-state index in [0.29, 0.717) is 24.1 Å². The van der Waals surface area contributed by atoms with Crippen molar-refractivity contribution < 1.29 is 0 Å². The van der Waals surface area contributed by atoms with E-state index in [-0.39, 0.29) is 0 Å². The Hall–Kier alpha value is -2.54. The Morgan fingerprint density at radius 1 is 1.00 bits per heavy atom. The number of aromatic nitrogens is 4. The highest BCUT2D eigenvalue weighted by Gasteiger charge is 2.01. The summed E-state index contributed by atoms with van der Waals surface area (Å²) in [5.41, 5.74) is 1.15. The van der Waals surface area contributed by atoms with E-state index >= 15 is 0 Å². The van der Waals surface area contributed by atoms with Gasteiger partial charge in [-0.1, -0.05) is 28.1 Å². The highest BCUT2D eigenvalue weighted by atomic mass is 79.9. The lowest BCUT2D eigenvalue weighted by atomic mass is 10.2. The van der Waals surface area contributed by atoms with Crippen LogP contribution in [0.4, 0.5) is 17.6 Å². The normalized spacial score (nSPS) is 10.2. The zero-order valence-corrected chi connectivity index (χ0v) is 13.2. The van der Waals surface area contributed by atoms with E-state index in [0.717, 1.165) is 10.0 Å². The minimum absolute atomic E-state index is 0.555. The van der Waals surface area contributed by atoms with Gasteiger partial charge in [0.1, 0.15) is 18.0 Å². The Bertz CT molecular complexity index is 750. The molecule has 0 radical (unpaired) electrons. The number of anilines is 3. The molecule has 0 amide bonds. The van der Waals surface area contributed by atoms with Crippen LogP contribution < -0.4 is 10.6 Å². The Kier molecular flexibility index (Phi) is 4.55. The third kappa shape index (κ3) is 3.98. The fourth-order valence-electron chi connectivity index (χ4n) is 1.84. The van der Waals surface area contributed by atoms with E-state index in [1.807, 2.05) is 18.2 Å². The van der Waals surface area contributed by atoms with Crippen molar-refractivity contribution in [1.29, 1.82) is 0 Å². The van der Waals surface area contributed by atoms with E-state index in [2.05, 4.69) is 52.6 Å². The fraction of sp³-hybridized carbons (Fsp3) is 0.0667. The molecule has 0 fully saturated rings. The van der Waals surface area contributed by atoms with Crippen LogP contribution in [0.5, 0.6) is 0 Å². The van der Waals surface area contributed by atoms with Crippen molar-refractivity contribution in [2.75, 3.05) is 10.6 Å². The molecule has 7 heteroatoms. The van der Waals surface area contributed by atoms with Crippen molar-refractivity contribution in [3.63, 3.8) is 0 Å². The van der Waals surface area contributed by atoms with Crippen LogP contribution in [0.3, 0.4) is 0 Å². The largest absolute Gasteiger partial charge is 0.350 e. The van der Waals surface area contributed by atoms with Gasteiger partial charge in [0.15, 0.2) is 0 Å². The van der Waals surface area contributed by atoms with Crippen molar-refractivity contribution in [2.45, 2.75) is 6.54 Å². The number of hydrogen-bond acceptors (Lipinski definition) is 6. The van der Waals surface area contributed by atoms with Gasteiger partial charge in [-0.2, -0.15) is 4.98 Å². The van der Waals surface area contributed by atoms with Gasteiger partial charge in [-0.3, -0.25) is 0 Å². The molecule has 2 heterocycles. The average Bonchev–Trinajstić information content (AvgIpc) is 2.54. The van der Waals surface area contributed by atoms with Gasteiger partial charge in [0.05, 0.1) is 0 Å². The molecule has 0 unspecified atom stereocenters. The third-order valence-corrected chi connectivity index (χ3v) is 3.33. The summed E-state index contributed by atoms with van der Waals surface area (Å²) in [7, 11) is 0. The summed E-state index contributed by atoms with van der Waals surface area (Å²) in [4.78, 5) is 16.6. The van der Waals surface area contributed by atoms with Crippen LogP contribution in [0.1, 0.15) is 5.56 Å². The number of nitrogens with zero attached hydrogens (tertiary/aromatic N) is 4. The van der Waals surface area contributed by atoms with E-state index < -0.39 is 0 Å². The van der Waals surface area contributed by atoms with E-state index in [4.69, 9.17) is 0 Å². The monoisotopic (exact) mass is 356 g/mol. The van der Waals surface area contributed by atoms with Crippen molar-refractivity contribution in [2.24, 2.45) is 0 Å². The lowest BCUT2D eigenvalue weighted by Gasteiger charge is -2.08. The number of benzene rings is 1. The molecule has 0 aliphatic heterocycles. The van der Waals surface area contributed by atoms with Gasteiger partial charge < -0.3 is 10.6 Å². The molecule has 0 saturated carbocycles. The van der Waals surface area contributed by atoms with E-state index in [9.17, 15) is 0 Å². The van der Waals surface area contributed by atoms with Crippen molar-refractivity contribution in [3.05, 3.63) is 65.2 Å². The molecule has 3 rings (SSSR count). The molecule has 0 atom stereocenters. The Balaban J connectivity index is 1.66. The van der Waals surface area contributed by atoms with Gasteiger partial charge in [-0.05, 0) is 29.8 Å². The van der Waals surface area contributed by atoms with Crippen LogP contribution in [0.15, 0.2) is 59.6 Å². The van der Waals surface area contributed by atoms with Gasteiger partial charge in [-0.25, -0.2) is 15.0 Å². The maximum Gasteiger partial charge on any atom is 0.224 e. The summed E-state index contributed by atoms with van der Waals surface area (Å²) in [6, 6.07) is 11.6. The predicted molar refractivity (Wildman–Crippen MR) is 88.8 cm³/mol. The van der Waals surface area contributed by atoms with Crippen LogP contribution in [-0.2, 0) is 6.54 Å². The quantitative estimate of drug-likeness (QED) is 0.729. The Morgan fingerprint density at radius 3 is 2.73 bits per heavy atom. The van der Waals surface area contributed by atoms with Crippen molar-refractivity contribution >= 4 is 33.5 Å². The second kappa shape index (κ2) is 6.95. The standard InChI is InChI=1S/C15H13BrN6/c16-12-3-1-2-11(8-12)9-19-15-18-7-5-14(22-15)21-13-4-6-17-10-20-13/h1-8,10H,9H2,(H2,17,18,19,20,21,22). The van der Waals surface area contributed by atoms with Crippen molar-refractivity contribution in [1.82, 2.24) is 19.9 Å². The molecular formula is C15H13BrN6. The first-order chi connectivity index (χ1) is 10.8. The highest BCUT2D eigenvalue weighted by molar-refractivity contribution is 9.10. The molecule has 110 valence electrons. The average molecular weight is 357 g/mol. The molecule has 3 aromatic rings. The molecule has 2 aromatic heterocycles. The maximum absolute atomic E-state index is 4.40. The van der Waals surface area contributed by atoms with E-state index in [1.54, 1.807) is 24.5 Å². The molecule has 0 bridgehead atoms. The molecular weight excluding hydrogens is 344 g/mol. The van der Waals surface area contributed by atoms with Gasteiger partial charge in [-0.15, -0.1) is 0 Å². The fourth-order valence-corrected chi connectivity index (χ4v) is 2.28. The highest BCUT2D eigenvalue weighted by Crippen LogP contribution is 2.14. The number of nitrogens with one attached hydrogen (secondary N) is 2. The first kappa shape index (κ1) is 14.4. The third-order valence-electron chi connectivity index (χ3n) is 2.83. The van der Waals surface area contributed by atoms with Gasteiger partial charge in [0.25, 0.3) is 0 Å².